The second-order valence-electron chi connectivity index (χ2n) is 7.84. The molecule has 0 bridgehead atoms. The fourth-order valence-electron chi connectivity index (χ4n) is 4.14. The van der Waals surface area contributed by atoms with Crippen LogP contribution in [0.3, 0.4) is 0 Å². The molecule has 30 heavy (non-hydrogen) atoms. The zero-order valence-corrected chi connectivity index (χ0v) is 16.9. The first-order chi connectivity index (χ1) is 14.9. The Hall–Kier alpha value is -2.50. The van der Waals surface area contributed by atoms with E-state index in [1.54, 1.807) is 0 Å². The van der Waals surface area contributed by atoms with Crippen LogP contribution in [0.1, 0.15) is 46.7 Å². The lowest BCUT2D eigenvalue weighted by Gasteiger charge is -2.34. The number of hydrogen-bond donors (Lipinski definition) is 0. The molecular formula is C26H26O4. The molecule has 0 atom stereocenters. The van der Waals surface area contributed by atoms with Crippen molar-refractivity contribution in [3.8, 4) is 0 Å². The molecule has 0 radical (unpaired) electrons. The van der Waals surface area contributed by atoms with Crippen LogP contribution < -0.4 is 0 Å². The van der Waals surface area contributed by atoms with E-state index in [1.165, 1.54) is 11.1 Å². The summed E-state index contributed by atoms with van der Waals surface area (Å²) in [6.45, 7) is 2.52. The summed E-state index contributed by atoms with van der Waals surface area (Å²) in [5, 5.41) is 0. The molecular weight excluding hydrogens is 376 g/mol. The predicted octanol–water partition coefficient (Wildman–Crippen LogP) is 5.35. The minimum Gasteiger partial charge on any atom is -0.348 e. The van der Waals surface area contributed by atoms with Crippen molar-refractivity contribution in [3.63, 3.8) is 0 Å². The molecule has 2 aliphatic rings. The molecule has 3 aromatic carbocycles. The Kier molecular flexibility index (Phi) is 5.91. The molecule has 0 unspecified atom stereocenters. The van der Waals surface area contributed by atoms with E-state index in [-0.39, 0.29) is 11.8 Å². The quantitative estimate of drug-likeness (QED) is 0.590. The van der Waals surface area contributed by atoms with Gasteiger partial charge in [-0.25, -0.2) is 0 Å². The van der Waals surface area contributed by atoms with Gasteiger partial charge >= 0.3 is 0 Å². The van der Waals surface area contributed by atoms with Gasteiger partial charge in [0.05, 0.1) is 26.4 Å². The third-order valence-electron chi connectivity index (χ3n) is 5.84. The maximum atomic E-state index is 6.12. The highest BCUT2D eigenvalue weighted by molar-refractivity contribution is 5.30. The topological polar surface area (TPSA) is 36.9 Å². The monoisotopic (exact) mass is 402 g/mol. The lowest BCUT2D eigenvalue weighted by Crippen LogP contribution is -2.29. The Morgan fingerprint density at radius 1 is 0.433 bits per heavy atom. The highest BCUT2D eigenvalue weighted by Crippen LogP contribution is 2.37. The van der Waals surface area contributed by atoms with Crippen molar-refractivity contribution in [2.75, 3.05) is 26.4 Å². The first-order valence-electron chi connectivity index (χ1n) is 10.5. The van der Waals surface area contributed by atoms with Crippen LogP contribution in [0.5, 0.6) is 0 Å². The highest BCUT2D eigenvalue weighted by atomic mass is 16.7. The summed E-state index contributed by atoms with van der Waals surface area (Å²) in [4.78, 5) is 0. The van der Waals surface area contributed by atoms with E-state index < -0.39 is 12.6 Å². The molecule has 5 rings (SSSR count). The van der Waals surface area contributed by atoms with Gasteiger partial charge in [0.1, 0.15) is 0 Å². The standard InChI is InChI=1S/C26H26O4/c1-3-9-19(10-4-1)21-15-27-25(28-16-21)23-13-7-8-14-24(23)26-29-17-22(18-30-26)20-11-5-2-6-12-20/h1-14,21-22,25-26H,15-18H2. The zero-order valence-electron chi connectivity index (χ0n) is 16.9. The van der Waals surface area contributed by atoms with Crippen molar-refractivity contribution < 1.29 is 18.9 Å². The van der Waals surface area contributed by atoms with Crippen LogP contribution in [0.4, 0.5) is 0 Å². The predicted molar refractivity (Wildman–Crippen MR) is 114 cm³/mol. The van der Waals surface area contributed by atoms with E-state index in [9.17, 15) is 0 Å². The Morgan fingerprint density at radius 3 is 1.13 bits per heavy atom. The molecule has 3 aromatic rings. The SMILES string of the molecule is c1ccc(C2COC(c3ccccc3C3OCC(c4ccccc4)CO3)OC2)cc1. The Morgan fingerprint density at radius 2 is 0.767 bits per heavy atom. The van der Waals surface area contributed by atoms with Crippen LogP contribution in [-0.4, -0.2) is 26.4 Å². The van der Waals surface area contributed by atoms with Gasteiger partial charge in [0.2, 0.25) is 0 Å². The van der Waals surface area contributed by atoms with E-state index in [0.717, 1.165) is 11.1 Å². The molecule has 0 saturated carbocycles. The molecule has 0 aromatic heterocycles. The van der Waals surface area contributed by atoms with Crippen LogP contribution in [0, 0.1) is 0 Å². The van der Waals surface area contributed by atoms with Crippen LogP contribution >= 0.6 is 0 Å². The molecule has 2 aliphatic heterocycles. The van der Waals surface area contributed by atoms with Crippen LogP contribution in [0.15, 0.2) is 84.9 Å². The lowest BCUT2D eigenvalue weighted by atomic mass is 9.99. The minimum absolute atomic E-state index is 0.253. The summed E-state index contributed by atoms with van der Waals surface area (Å²) in [6.07, 6.45) is -0.805. The summed E-state index contributed by atoms with van der Waals surface area (Å²) in [6, 6.07) is 28.8. The largest absolute Gasteiger partial charge is 0.348 e. The van der Waals surface area contributed by atoms with Gasteiger partial charge in [-0.2, -0.15) is 0 Å². The van der Waals surface area contributed by atoms with Gasteiger partial charge in [-0.05, 0) is 11.1 Å². The summed E-state index contributed by atoms with van der Waals surface area (Å²) in [5.41, 5.74) is 4.45. The first kappa shape index (κ1) is 19.5. The minimum atomic E-state index is -0.403. The highest BCUT2D eigenvalue weighted by Gasteiger charge is 2.31. The molecule has 154 valence electrons. The summed E-state index contributed by atoms with van der Waals surface area (Å²) in [7, 11) is 0. The van der Waals surface area contributed by atoms with Crippen LogP contribution in [0.25, 0.3) is 0 Å². The van der Waals surface area contributed by atoms with E-state index in [1.807, 2.05) is 36.4 Å². The van der Waals surface area contributed by atoms with E-state index >= 15 is 0 Å². The third-order valence-corrected chi connectivity index (χ3v) is 5.84. The molecule has 0 amide bonds. The van der Waals surface area contributed by atoms with Crippen molar-refractivity contribution in [2.45, 2.75) is 24.4 Å². The van der Waals surface area contributed by atoms with Crippen molar-refractivity contribution >= 4 is 0 Å². The molecule has 0 spiro atoms. The van der Waals surface area contributed by atoms with E-state index in [4.69, 9.17) is 18.9 Å². The van der Waals surface area contributed by atoms with Crippen molar-refractivity contribution in [1.82, 2.24) is 0 Å². The van der Waals surface area contributed by atoms with Crippen molar-refractivity contribution in [2.24, 2.45) is 0 Å². The van der Waals surface area contributed by atoms with Gasteiger partial charge in [-0.1, -0.05) is 84.9 Å². The number of rotatable bonds is 4. The number of benzene rings is 3. The van der Waals surface area contributed by atoms with Gasteiger partial charge in [-0.15, -0.1) is 0 Å². The van der Waals surface area contributed by atoms with Crippen LogP contribution in [-0.2, 0) is 18.9 Å². The Balaban J connectivity index is 1.25. The van der Waals surface area contributed by atoms with Gasteiger partial charge in [0.25, 0.3) is 0 Å². The number of ether oxygens (including phenoxy) is 4. The zero-order chi connectivity index (χ0) is 20.2. The van der Waals surface area contributed by atoms with Crippen molar-refractivity contribution in [3.05, 3.63) is 107 Å². The molecule has 4 heteroatoms. The third kappa shape index (κ3) is 4.18. The number of hydrogen-bond acceptors (Lipinski definition) is 4. The molecule has 0 N–H and O–H groups in total. The fraction of sp³-hybridized carbons (Fsp3) is 0.308. The van der Waals surface area contributed by atoms with Gasteiger partial charge in [0, 0.05) is 23.0 Å². The Bertz CT molecular complexity index is 849. The summed E-state index contributed by atoms with van der Waals surface area (Å²) in [5.74, 6) is 0.506. The summed E-state index contributed by atoms with van der Waals surface area (Å²) < 4.78 is 24.5. The normalized spacial score (nSPS) is 26.9. The summed E-state index contributed by atoms with van der Waals surface area (Å²) >= 11 is 0. The van der Waals surface area contributed by atoms with Gasteiger partial charge < -0.3 is 18.9 Å². The molecule has 2 saturated heterocycles. The molecule has 2 fully saturated rings. The van der Waals surface area contributed by atoms with Gasteiger partial charge in [-0.3, -0.25) is 0 Å². The fourth-order valence-corrected chi connectivity index (χ4v) is 4.14. The lowest BCUT2D eigenvalue weighted by molar-refractivity contribution is -0.205. The Labute approximate surface area is 177 Å². The smallest absolute Gasteiger partial charge is 0.184 e. The van der Waals surface area contributed by atoms with E-state index in [2.05, 4.69) is 48.5 Å². The average Bonchev–Trinajstić information content (AvgIpc) is 2.85. The maximum absolute atomic E-state index is 6.12. The molecule has 0 aliphatic carbocycles. The first-order valence-corrected chi connectivity index (χ1v) is 10.5. The van der Waals surface area contributed by atoms with Crippen molar-refractivity contribution in [1.29, 1.82) is 0 Å². The molecule has 4 nitrogen and oxygen atoms in total. The second kappa shape index (κ2) is 9.11. The van der Waals surface area contributed by atoms with Crippen LogP contribution in [0.2, 0.25) is 0 Å². The maximum Gasteiger partial charge on any atom is 0.184 e. The van der Waals surface area contributed by atoms with Gasteiger partial charge in [0.15, 0.2) is 12.6 Å². The second-order valence-corrected chi connectivity index (χ2v) is 7.84. The molecule has 2 heterocycles. The van der Waals surface area contributed by atoms with E-state index in [0.29, 0.717) is 26.4 Å². The average molecular weight is 402 g/mol.